The quantitative estimate of drug-likeness (QED) is 0.656. The van der Waals surface area contributed by atoms with Gasteiger partial charge in [-0.1, -0.05) is 30.3 Å². The first-order chi connectivity index (χ1) is 14.9. The monoisotopic (exact) mass is 418 g/mol. The number of rotatable bonds is 5. The van der Waals surface area contributed by atoms with Crippen LogP contribution in [-0.2, 0) is 9.59 Å². The average molecular weight is 418 g/mol. The van der Waals surface area contributed by atoms with Crippen molar-refractivity contribution in [1.29, 1.82) is 0 Å². The SMILES string of the molecule is CCN1C(=O)C(C)(C)COc2cc(NC(=O)COc3ccc4ccccc4c3)ccc21. The number of fused-ring (bicyclic) bond motifs is 2. The van der Waals surface area contributed by atoms with Crippen LogP contribution in [0, 0.1) is 5.41 Å². The number of hydrogen-bond acceptors (Lipinski definition) is 4. The molecule has 1 N–H and O–H groups in total. The summed E-state index contributed by atoms with van der Waals surface area (Å²) in [4.78, 5) is 26.9. The predicted octanol–water partition coefficient (Wildman–Crippen LogP) is 4.63. The molecular formula is C25H26N2O4. The molecule has 0 aliphatic carbocycles. The van der Waals surface area contributed by atoms with Crippen molar-refractivity contribution in [2.24, 2.45) is 5.41 Å². The van der Waals surface area contributed by atoms with Gasteiger partial charge in [-0.2, -0.15) is 0 Å². The maximum atomic E-state index is 12.8. The average Bonchev–Trinajstić information content (AvgIpc) is 2.86. The van der Waals surface area contributed by atoms with Gasteiger partial charge in [0.25, 0.3) is 5.91 Å². The molecule has 1 aliphatic rings. The zero-order valence-electron chi connectivity index (χ0n) is 18.0. The Kier molecular flexibility index (Phi) is 5.55. The fraction of sp³-hybridized carbons (Fsp3) is 0.280. The summed E-state index contributed by atoms with van der Waals surface area (Å²) in [6.07, 6.45) is 0. The summed E-state index contributed by atoms with van der Waals surface area (Å²) < 4.78 is 11.6. The van der Waals surface area contributed by atoms with E-state index in [0.29, 0.717) is 29.4 Å². The highest BCUT2D eigenvalue weighted by molar-refractivity contribution is 6.00. The number of hydrogen-bond donors (Lipinski definition) is 1. The van der Waals surface area contributed by atoms with Crippen molar-refractivity contribution in [3.8, 4) is 11.5 Å². The molecule has 4 rings (SSSR count). The smallest absolute Gasteiger partial charge is 0.262 e. The van der Waals surface area contributed by atoms with Crippen LogP contribution >= 0.6 is 0 Å². The van der Waals surface area contributed by atoms with E-state index in [-0.39, 0.29) is 25.0 Å². The number of carbonyl (C=O) groups is 2. The molecule has 0 fully saturated rings. The van der Waals surface area contributed by atoms with Crippen molar-refractivity contribution in [2.75, 3.05) is 30.0 Å². The Balaban J connectivity index is 1.44. The zero-order valence-corrected chi connectivity index (χ0v) is 18.0. The van der Waals surface area contributed by atoms with Crippen LogP contribution in [0.1, 0.15) is 20.8 Å². The lowest BCUT2D eigenvalue weighted by Gasteiger charge is -2.26. The minimum Gasteiger partial charge on any atom is -0.490 e. The molecule has 2 amide bonds. The Morgan fingerprint density at radius 1 is 1.10 bits per heavy atom. The molecule has 0 saturated heterocycles. The van der Waals surface area contributed by atoms with Gasteiger partial charge in [-0.15, -0.1) is 0 Å². The molecule has 3 aromatic carbocycles. The molecule has 6 heteroatoms. The maximum Gasteiger partial charge on any atom is 0.262 e. The molecule has 1 aliphatic heterocycles. The second-order valence-electron chi connectivity index (χ2n) is 8.25. The molecule has 160 valence electrons. The molecule has 0 saturated carbocycles. The number of ether oxygens (including phenoxy) is 2. The summed E-state index contributed by atoms with van der Waals surface area (Å²) in [5.74, 6) is 0.965. The van der Waals surface area contributed by atoms with Crippen LogP contribution < -0.4 is 19.7 Å². The van der Waals surface area contributed by atoms with Crippen LogP contribution in [0.5, 0.6) is 11.5 Å². The van der Waals surface area contributed by atoms with Gasteiger partial charge in [-0.3, -0.25) is 9.59 Å². The highest BCUT2D eigenvalue weighted by Crippen LogP contribution is 2.38. The maximum absolute atomic E-state index is 12.8. The third-order valence-electron chi connectivity index (χ3n) is 5.35. The van der Waals surface area contributed by atoms with Crippen molar-refractivity contribution in [1.82, 2.24) is 0 Å². The van der Waals surface area contributed by atoms with Crippen molar-refractivity contribution < 1.29 is 19.1 Å². The predicted molar refractivity (Wildman–Crippen MR) is 122 cm³/mol. The molecular weight excluding hydrogens is 392 g/mol. The van der Waals surface area contributed by atoms with Gasteiger partial charge in [0.1, 0.15) is 18.1 Å². The zero-order chi connectivity index (χ0) is 22.0. The molecule has 0 aromatic heterocycles. The molecule has 0 unspecified atom stereocenters. The number of amides is 2. The van der Waals surface area contributed by atoms with E-state index in [1.165, 1.54) is 0 Å². The minimum absolute atomic E-state index is 0.0225. The van der Waals surface area contributed by atoms with Gasteiger partial charge in [0.05, 0.1) is 11.1 Å². The van der Waals surface area contributed by atoms with Crippen molar-refractivity contribution in [3.05, 3.63) is 60.7 Å². The summed E-state index contributed by atoms with van der Waals surface area (Å²) in [7, 11) is 0. The first kappa shape index (κ1) is 20.7. The first-order valence-electron chi connectivity index (χ1n) is 10.4. The molecule has 6 nitrogen and oxygen atoms in total. The summed E-state index contributed by atoms with van der Waals surface area (Å²) >= 11 is 0. The largest absolute Gasteiger partial charge is 0.490 e. The highest BCUT2D eigenvalue weighted by Gasteiger charge is 2.37. The second-order valence-corrected chi connectivity index (χ2v) is 8.25. The van der Waals surface area contributed by atoms with Crippen LogP contribution in [-0.4, -0.2) is 31.6 Å². The first-order valence-corrected chi connectivity index (χ1v) is 10.4. The Morgan fingerprint density at radius 2 is 1.87 bits per heavy atom. The molecule has 0 spiro atoms. The van der Waals surface area contributed by atoms with Gasteiger partial charge in [-0.25, -0.2) is 0 Å². The third kappa shape index (κ3) is 4.33. The fourth-order valence-corrected chi connectivity index (χ4v) is 3.64. The lowest BCUT2D eigenvalue weighted by molar-refractivity contribution is -0.127. The van der Waals surface area contributed by atoms with Gasteiger partial charge >= 0.3 is 0 Å². The number of nitrogens with one attached hydrogen (secondary N) is 1. The molecule has 0 radical (unpaired) electrons. The van der Waals surface area contributed by atoms with Crippen LogP contribution in [0.15, 0.2) is 60.7 Å². The van der Waals surface area contributed by atoms with E-state index in [2.05, 4.69) is 5.32 Å². The van der Waals surface area contributed by atoms with Crippen molar-refractivity contribution >= 4 is 34.0 Å². The molecule has 0 atom stereocenters. The summed E-state index contributed by atoms with van der Waals surface area (Å²) in [5.41, 5.74) is 0.684. The molecule has 3 aromatic rings. The van der Waals surface area contributed by atoms with Gasteiger partial charge in [-0.05, 0) is 55.8 Å². The topological polar surface area (TPSA) is 67.9 Å². The Bertz CT molecular complexity index is 1140. The van der Waals surface area contributed by atoms with E-state index in [0.717, 1.165) is 10.8 Å². The highest BCUT2D eigenvalue weighted by atomic mass is 16.5. The fourth-order valence-electron chi connectivity index (χ4n) is 3.64. The number of nitrogens with zero attached hydrogens (tertiary/aromatic N) is 1. The van der Waals surface area contributed by atoms with E-state index in [4.69, 9.17) is 9.47 Å². The van der Waals surface area contributed by atoms with Crippen molar-refractivity contribution in [2.45, 2.75) is 20.8 Å². The second kappa shape index (κ2) is 8.30. The third-order valence-corrected chi connectivity index (χ3v) is 5.35. The van der Waals surface area contributed by atoms with Crippen LogP contribution in [0.4, 0.5) is 11.4 Å². The Morgan fingerprint density at radius 3 is 2.65 bits per heavy atom. The lowest BCUT2D eigenvalue weighted by atomic mass is 9.93. The van der Waals surface area contributed by atoms with Gasteiger partial charge < -0.3 is 19.7 Å². The van der Waals surface area contributed by atoms with Crippen molar-refractivity contribution in [3.63, 3.8) is 0 Å². The lowest BCUT2D eigenvalue weighted by Crippen LogP contribution is -2.42. The van der Waals surface area contributed by atoms with Crippen LogP contribution in [0.2, 0.25) is 0 Å². The van der Waals surface area contributed by atoms with Crippen LogP contribution in [0.25, 0.3) is 10.8 Å². The van der Waals surface area contributed by atoms with E-state index in [1.54, 1.807) is 23.1 Å². The summed E-state index contributed by atoms with van der Waals surface area (Å²) in [6.45, 7) is 6.39. The van der Waals surface area contributed by atoms with Crippen LogP contribution in [0.3, 0.4) is 0 Å². The standard InChI is InChI=1S/C25H26N2O4/c1-4-27-21-12-10-19(14-22(21)31-16-25(2,3)24(27)29)26-23(28)15-30-20-11-9-17-7-5-6-8-18(17)13-20/h5-14H,4,15-16H2,1-3H3,(H,26,28). The minimum atomic E-state index is -0.619. The van der Waals surface area contributed by atoms with E-state index < -0.39 is 5.41 Å². The molecule has 0 bridgehead atoms. The molecule has 31 heavy (non-hydrogen) atoms. The molecule has 1 heterocycles. The number of anilines is 2. The number of carbonyl (C=O) groups excluding carboxylic acids is 2. The van der Waals surface area contributed by atoms with E-state index in [1.807, 2.05) is 63.2 Å². The van der Waals surface area contributed by atoms with Gasteiger partial charge in [0.2, 0.25) is 5.91 Å². The Labute approximate surface area is 181 Å². The van der Waals surface area contributed by atoms with E-state index in [9.17, 15) is 9.59 Å². The van der Waals surface area contributed by atoms with E-state index >= 15 is 0 Å². The summed E-state index contributed by atoms with van der Waals surface area (Å²) in [6, 6.07) is 19.0. The normalized spacial score (nSPS) is 15.1. The number of benzene rings is 3. The van der Waals surface area contributed by atoms with Gasteiger partial charge in [0, 0.05) is 18.3 Å². The Hall–Kier alpha value is -3.54. The van der Waals surface area contributed by atoms with Gasteiger partial charge in [0.15, 0.2) is 6.61 Å². The summed E-state index contributed by atoms with van der Waals surface area (Å²) in [5, 5.41) is 5.01.